The largest absolute Gasteiger partial charge is 0.489 e. The number of ether oxygens (including phenoxy) is 2. The van der Waals surface area contributed by atoms with E-state index < -0.39 is 11.9 Å². The van der Waals surface area contributed by atoms with Gasteiger partial charge >= 0.3 is 5.97 Å². The third kappa shape index (κ3) is 6.18. The highest BCUT2D eigenvalue weighted by molar-refractivity contribution is 8.18. The summed E-state index contributed by atoms with van der Waals surface area (Å²) < 4.78 is 10.3. The van der Waals surface area contributed by atoms with E-state index in [0.29, 0.717) is 12.4 Å². The number of hydrogen-bond donors (Lipinski definition) is 1. The Morgan fingerprint density at radius 1 is 1.13 bits per heavy atom. The fourth-order valence-corrected chi connectivity index (χ4v) is 3.13. The van der Waals surface area contributed by atoms with Crippen molar-refractivity contribution in [2.45, 2.75) is 0 Å². The van der Waals surface area contributed by atoms with Crippen molar-refractivity contribution in [3.05, 3.63) is 82.8 Å². The van der Waals surface area contributed by atoms with Gasteiger partial charge in [0, 0.05) is 11.6 Å². The summed E-state index contributed by atoms with van der Waals surface area (Å²) in [5.74, 6) is -0.369. The first-order valence-electron chi connectivity index (χ1n) is 8.99. The Morgan fingerprint density at radius 2 is 1.90 bits per heavy atom. The standard InChI is InChI=1S/C22H19N3O4S/c1-28-20(26)14-19-21(27)24-22(30-19)25-23-15-17-11-5-6-12-18(17)29-13-7-10-16-8-3-2-4-9-16/h2-12,14-15H,13H2,1H3,(H,24,25,27)/b10-7?,19-14+,23-15?. The second-order valence-corrected chi connectivity index (χ2v) is 6.93. The van der Waals surface area contributed by atoms with E-state index in [4.69, 9.17) is 4.74 Å². The van der Waals surface area contributed by atoms with Crippen LogP contribution in [0.15, 0.2) is 81.9 Å². The van der Waals surface area contributed by atoms with Crippen LogP contribution in [0, 0.1) is 0 Å². The molecule has 1 aliphatic rings. The highest BCUT2D eigenvalue weighted by atomic mass is 32.2. The number of nitrogens with zero attached hydrogens (tertiary/aromatic N) is 2. The minimum atomic E-state index is -0.607. The maximum Gasteiger partial charge on any atom is 0.331 e. The summed E-state index contributed by atoms with van der Waals surface area (Å²) in [6, 6.07) is 17.4. The molecule has 0 aliphatic carbocycles. The first-order chi connectivity index (χ1) is 14.7. The first kappa shape index (κ1) is 21.1. The van der Waals surface area contributed by atoms with E-state index in [9.17, 15) is 9.59 Å². The highest BCUT2D eigenvalue weighted by Gasteiger charge is 2.24. The Hall–Kier alpha value is -3.65. The zero-order chi connectivity index (χ0) is 21.2. The number of amidine groups is 1. The SMILES string of the molecule is COC(=O)/C=C1/S/C(=N\N=Cc2ccccc2OCC=Cc2ccccc2)NC1=O. The van der Waals surface area contributed by atoms with Crippen LogP contribution in [0.3, 0.4) is 0 Å². The number of esters is 1. The van der Waals surface area contributed by atoms with E-state index in [1.54, 1.807) is 0 Å². The van der Waals surface area contributed by atoms with E-state index >= 15 is 0 Å². The Balaban J connectivity index is 1.61. The van der Waals surface area contributed by atoms with Gasteiger partial charge in [0.05, 0.1) is 18.2 Å². The Labute approximate surface area is 178 Å². The van der Waals surface area contributed by atoms with Gasteiger partial charge in [-0.25, -0.2) is 4.79 Å². The molecule has 0 atom stereocenters. The minimum Gasteiger partial charge on any atom is -0.489 e. The number of amides is 1. The van der Waals surface area contributed by atoms with Crippen molar-refractivity contribution >= 4 is 41.1 Å². The fraction of sp³-hybridized carbons (Fsp3) is 0.0909. The summed E-state index contributed by atoms with van der Waals surface area (Å²) in [6.07, 6.45) is 6.57. The number of benzene rings is 2. The quantitative estimate of drug-likeness (QED) is 0.320. The molecule has 1 saturated heterocycles. The van der Waals surface area contributed by atoms with Gasteiger partial charge in [-0.2, -0.15) is 5.10 Å². The van der Waals surface area contributed by atoms with Crippen molar-refractivity contribution in [1.29, 1.82) is 0 Å². The molecule has 8 heteroatoms. The summed E-state index contributed by atoms with van der Waals surface area (Å²) in [5, 5.41) is 10.8. The monoisotopic (exact) mass is 421 g/mol. The van der Waals surface area contributed by atoms with Crippen LogP contribution < -0.4 is 10.1 Å². The lowest BCUT2D eigenvalue weighted by Crippen LogP contribution is -2.19. The van der Waals surface area contributed by atoms with Crippen molar-refractivity contribution in [1.82, 2.24) is 5.32 Å². The number of carbonyl (C=O) groups excluding carboxylic acids is 2. The van der Waals surface area contributed by atoms with Crippen LogP contribution in [-0.2, 0) is 14.3 Å². The van der Waals surface area contributed by atoms with E-state index in [2.05, 4.69) is 20.3 Å². The van der Waals surface area contributed by atoms with Crippen molar-refractivity contribution in [3.8, 4) is 5.75 Å². The van der Waals surface area contributed by atoms with E-state index in [0.717, 1.165) is 29.0 Å². The fourth-order valence-electron chi connectivity index (χ4n) is 2.39. The summed E-state index contributed by atoms with van der Waals surface area (Å²) in [5.41, 5.74) is 1.85. The molecule has 2 aromatic rings. The summed E-state index contributed by atoms with van der Waals surface area (Å²) >= 11 is 1.01. The van der Waals surface area contributed by atoms with Crippen molar-refractivity contribution in [2.24, 2.45) is 10.2 Å². The Bertz CT molecular complexity index is 1030. The number of methoxy groups -OCH3 is 1. The summed E-state index contributed by atoms with van der Waals surface area (Å²) in [6.45, 7) is 0.405. The van der Waals surface area contributed by atoms with Crippen LogP contribution in [0.2, 0.25) is 0 Å². The molecule has 0 bridgehead atoms. The third-order valence-corrected chi connectivity index (χ3v) is 4.71. The zero-order valence-corrected chi connectivity index (χ0v) is 17.0. The lowest BCUT2D eigenvalue weighted by atomic mass is 10.2. The Morgan fingerprint density at radius 3 is 2.70 bits per heavy atom. The van der Waals surface area contributed by atoms with Gasteiger partial charge in [0.25, 0.3) is 5.91 Å². The van der Waals surface area contributed by atoms with Crippen LogP contribution in [0.25, 0.3) is 6.08 Å². The van der Waals surface area contributed by atoms with Gasteiger partial charge in [0.15, 0.2) is 5.17 Å². The van der Waals surface area contributed by atoms with Gasteiger partial charge in [-0.1, -0.05) is 48.5 Å². The van der Waals surface area contributed by atoms with Crippen LogP contribution >= 0.6 is 11.8 Å². The number of para-hydroxylation sites is 1. The summed E-state index contributed by atoms with van der Waals surface area (Å²) in [4.78, 5) is 23.3. The van der Waals surface area contributed by atoms with Crippen LogP contribution in [-0.4, -0.2) is 37.0 Å². The predicted octanol–water partition coefficient (Wildman–Crippen LogP) is 3.39. The molecule has 2 aromatic carbocycles. The number of rotatable bonds is 7. The number of hydrogen-bond acceptors (Lipinski definition) is 7. The Kier molecular flexibility index (Phi) is 7.57. The van der Waals surface area contributed by atoms with Gasteiger partial charge < -0.3 is 9.47 Å². The molecule has 7 nitrogen and oxygen atoms in total. The van der Waals surface area contributed by atoms with E-state index in [-0.39, 0.29) is 10.1 Å². The van der Waals surface area contributed by atoms with E-state index in [1.807, 2.05) is 66.7 Å². The molecule has 1 N–H and O–H groups in total. The molecule has 30 heavy (non-hydrogen) atoms. The first-order valence-corrected chi connectivity index (χ1v) is 9.80. The van der Waals surface area contributed by atoms with Crippen molar-refractivity contribution < 1.29 is 19.1 Å². The lowest BCUT2D eigenvalue weighted by Gasteiger charge is -2.06. The molecule has 0 saturated carbocycles. The van der Waals surface area contributed by atoms with Gasteiger partial charge in [-0.05, 0) is 35.5 Å². The zero-order valence-electron chi connectivity index (χ0n) is 16.1. The molecule has 0 unspecified atom stereocenters. The predicted molar refractivity (Wildman–Crippen MR) is 118 cm³/mol. The molecule has 1 amide bonds. The molecule has 152 valence electrons. The molecule has 0 radical (unpaired) electrons. The second-order valence-electron chi connectivity index (χ2n) is 5.90. The molecular weight excluding hydrogens is 402 g/mol. The van der Waals surface area contributed by atoms with Gasteiger partial charge in [0.2, 0.25) is 0 Å². The van der Waals surface area contributed by atoms with Gasteiger partial charge in [-0.3, -0.25) is 10.1 Å². The molecule has 0 spiro atoms. The minimum absolute atomic E-state index is 0.199. The maximum absolute atomic E-state index is 11.8. The van der Waals surface area contributed by atoms with Gasteiger partial charge in [-0.15, -0.1) is 5.10 Å². The smallest absolute Gasteiger partial charge is 0.331 e. The number of nitrogens with one attached hydrogen (secondary N) is 1. The van der Waals surface area contributed by atoms with Crippen LogP contribution in [0.1, 0.15) is 11.1 Å². The molecule has 0 aromatic heterocycles. The van der Waals surface area contributed by atoms with Crippen molar-refractivity contribution in [2.75, 3.05) is 13.7 Å². The normalized spacial score (nSPS) is 16.5. The van der Waals surface area contributed by atoms with Crippen LogP contribution in [0.5, 0.6) is 5.75 Å². The molecule has 1 heterocycles. The summed E-state index contributed by atoms with van der Waals surface area (Å²) in [7, 11) is 1.24. The maximum atomic E-state index is 11.8. The average Bonchev–Trinajstić information content (AvgIpc) is 3.11. The lowest BCUT2D eigenvalue weighted by molar-refractivity contribution is -0.135. The van der Waals surface area contributed by atoms with Gasteiger partial charge in [0.1, 0.15) is 12.4 Å². The number of carbonyl (C=O) groups is 2. The topological polar surface area (TPSA) is 89.3 Å². The highest BCUT2D eigenvalue weighted by Crippen LogP contribution is 2.23. The molecule has 1 fully saturated rings. The second kappa shape index (κ2) is 10.8. The molecule has 3 rings (SSSR count). The van der Waals surface area contributed by atoms with E-state index in [1.165, 1.54) is 13.3 Å². The van der Waals surface area contributed by atoms with Crippen molar-refractivity contribution in [3.63, 3.8) is 0 Å². The molecular formula is C22H19N3O4S. The molecule has 1 aliphatic heterocycles. The average molecular weight is 421 g/mol. The number of thioether (sulfide) groups is 1. The van der Waals surface area contributed by atoms with Crippen LogP contribution in [0.4, 0.5) is 0 Å². The third-order valence-electron chi connectivity index (χ3n) is 3.81.